The van der Waals surface area contributed by atoms with Crippen molar-refractivity contribution < 1.29 is 26.3 Å². The maximum Gasteiger partial charge on any atom is 0.418 e. The number of benzene rings is 1. The average molecular weight is 450 g/mol. The molecule has 2 heterocycles. The van der Waals surface area contributed by atoms with Crippen LogP contribution in [0, 0.1) is 5.92 Å². The zero-order chi connectivity index (χ0) is 22.1. The van der Waals surface area contributed by atoms with E-state index in [9.17, 15) is 21.6 Å². The first-order chi connectivity index (χ1) is 13.9. The van der Waals surface area contributed by atoms with Crippen molar-refractivity contribution in [3.63, 3.8) is 0 Å². The second kappa shape index (κ2) is 9.02. The normalized spacial score (nSPS) is 24.9. The van der Waals surface area contributed by atoms with Gasteiger partial charge in [-0.15, -0.1) is 0 Å². The maximum absolute atomic E-state index is 13.6. The van der Waals surface area contributed by atoms with Crippen molar-refractivity contribution in [2.45, 2.75) is 56.4 Å². The molecule has 3 rings (SSSR count). The number of nitrogens with zero attached hydrogens (tertiary/aromatic N) is 2. The van der Waals surface area contributed by atoms with Gasteiger partial charge in [-0.1, -0.05) is 0 Å². The Labute approximate surface area is 176 Å². The van der Waals surface area contributed by atoms with Gasteiger partial charge in [0.15, 0.2) is 0 Å². The first-order valence-corrected chi connectivity index (χ1v) is 11.8. The van der Waals surface area contributed by atoms with Crippen LogP contribution in [0.15, 0.2) is 23.1 Å². The number of sulfonamides is 1. The molecule has 1 aromatic carbocycles. The highest BCUT2D eigenvalue weighted by Gasteiger charge is 2.37. The van der Waals surface area contributed by atoms with Crippen LogP contribution in [0.4, 0.5) is 18.9 Å². The summed E-state index contributed by atoms with van der Waals surface area (Å²) in [7, 11) is -4.20. The van der Waals surface area contributed by atoms with Crippen LogP contribution >= 0.6 is 0 Å². The van der Waals surface area contributed by atoms with Crippen LogP contribution < -0.4 is 10.0 Å². The summed E-state index contributed by atoms with van der Waals surface area (Å²) in [6, 6.07) is 3.00. The number of halogens is 3. The van der Waals surface area contributed by atoms with Gasteiger partial charge >= 0.3 is 6.18 Å². The monoisotopic (exact) mass is 449 g/mol. The molecule has 2 atom stereocenters. The lowest BCUT2D eigenvalue weighted by atomic mass is 9.92. The average Bonchev–Trinajstić information content (AvgIpc) is 2.64. The van der Waals surface area contributed by atoms with E-state index in [-0.39, 0.29) is 17.9 Å². The molecule has 0 aliphatic carbocycles. The smallest absolute Gasteiger partial charge is 0.373 e. The third-order valence-electron chi connectivity index (χ3n) is 5.91. The minimum Gasteiger partial charge on any atom is -0.373 e. The van der Waals surface area contributed by atoms with Gasteiger partial charge in [-0.25, -0.2) is 13.6 Å². The van der Waals surface area contributed by atoms with Gasteiger partial charge in [0.2, 0.25) is 10.0 Å². The van der Waals surface area contributed by atoms with Crippen LogP contribution in [0.3, 0.4) is 0 Å². The molecule has 0 aromatic heterocycles. The van der Waals surface area contributed by atoms with Crippen molar-refractivity contribution in [3.8, 4) is 0 Å². The number of rotatable bonds is 5. The summed E-state index contributed by atoms with van der Waals surface area (Å²) in [5.41, 5.74) is -0.937. The summed E-state index contributed by atoms with van der Waals surface area (Å²) < 4.78 is 69.4. The molecule has 6 nitrogen and oxygen atoms in total. The van der Waals surface area contributed by atoms with Gasteiger partial charge in [-0.3, -0.25) is 4.90 Å². The Morgan fingerprint density at radius 3 is 2.27 bits per heavy atom. The van der Waals surface area contributed by atoms with Gasteiger partial charge in [0.25, 0.3) is 0 Å². The molecule has 170 valence electrons. The maximum atomic E-state index is 13.6. The van der Waals surface area contributed by atoms with Gasteiger partial charge in [-0.2, -0.15) is 13.2 Å². The van der Waals surface area contributed by atoms with E-state index in [1.807, 2.05) is 0 Å². The third kappa shape index (κ3) is 5.87. The van der Waals surface area contributed by atoms with E-state index >= 15 is 0 Å². The molecular formula is C20H30F3N3O3S. The summed E-state index contributed by atoms with van der Waals surface area (Å²) in [4.78, 5) is 3.58. The third-order valence-corrected chi connectivity index (χ3v) is 6.82. The SMILES string of the molecule is CC1CN(CCC2CCN(c3ccc(S(N)(=O)=O)cc3C(F)(F)F)CC2)CC(C)O1. The van der Waals surface area contributed by atoms with E-state index in [1.54, 1.807) is 4.90 Å². The molecule has 2 saturated heterocycles. The number of nitrogens with two attached hydrogens (primary N) is 1. The van der Waals surface area contributed by atoms with Crippen molar-refractivity contribution in [2.75, 3.05) is 37.6 Å². The van der Waals surface area contributed by atoms with Crippen molar-refractivity contribution >= 4 is 15.7 Å². The topological polar surface area (TPSA) is 75.9 Å². The summed E-state index contributed by atoms with van der Waals surface area (Å²) in [5, 5.41) is 5.01. The first-order valence-electron chi connectivity index (χ1n) is 10.3. The lowest BCUT2D eigenvalue weighted by Crippen LogP contribution is -2.46. The molecule has 0 bridgehead atoms. The molecular weight excluding hydrogens is 419 g/mol. The molecule has 1 aromatic rings. The van der Waals surface area contributed by atoms with E-state index in [0.717, 1.165) is 45.0 Å². The second-order valence-corrected chi connectivity index (χ2v) is 10.0. The Morgan fingerprint density at radius 1 is 1.13 bits per heavy atom. The highest BCUT2D eigenvalue weighted by molar-refractivity contribution is 7.89. The number of hydrogen-bond donors (Lipinski definition) is 1. The van der Waals surface area contributed by atoms with Crippen LogP contribution in [0.5, 0.6) is 0 Å². The fourth-order valence-corrected chi connectivity index (χ4v) is 5.03. The van der Waals surface area contributed by atoms with Crippen LogP contribution in [-0.4, -0.2) is 58.2 Å². The van der Waals surface area contributed by atoms with Gasteiger partial charge in [0.1, 0.15) is 0 Å². The largest absolute Gasteiger partial charge is 0.418 e. The van der Waals surface area contributed by atoms with Crippen LogP contribution in [0.2, 0.25) is 0 Å². The molecule has 10 heteroatoms. The van der Waals surface area contributed by atoms with Gasteiger partial charge in [0, 0.05) is 31.9 Å². The van der Waals surface area contributed by atoms with E-state index in [4.69, 9.17) is 9.88 Å². The predicted molar refractivity (Wildman–Crippen MR) is 109 cm³/mol. The van der Waals surface area contributed by atoms with Crippen molar-refractivity contribution in [1.29, 1.82) is 0 Å². The van der Waals surface area contributed by atoms with Crippen LogP contribution in [-0.2, 0) is 20.9 Å². The molecule has 2 aliphatic rings. The van der Waals surface area contributed by atoms with E-state index in [2.05, 4.69) is 18.7 Å². The zero-order valence-electron chi connectivity index (χ0n) is 17.4. The van der Waals surface area contributed by atoms with E-state index < -0.39 is 26.7 Å². The molecule has 0 spiro atoms. The lowest BCUT2D eigenvalue weighted by Gasteiger charge is -2.38. The number of morpholine rings is 1. The summed E-state index contributed by atoms with van der Waals surface area (Å²) in [5.74, 6) is 0.465. The lowest BCUT2D eigenvalue weighted by molar-refractivity contribution is -0.137. The molecule has 2 fully saturated rings. The fourth-order valence-electron chi connectivity index (χ4n) is 4.49. The minimum absolute atomic E-state index is 0.0178. The number of hydrogen-bond acceptors (Lipinski definition) is 5. The quantitative estimate of drug-likeness (QED) is 0.748. The first kappa shape index (κ1) is 23.3. The van der Waals surface area contributed by atoms with Crippen molar-refractivity contribution in [1.82, 2.24) is 4.90 Å². The Morgan fingerprint density at radius 2 is 1.73 bits per heavy atom. The Bertz CT molecular complexity index is 829. The highest BCUT2D eigenvalue weighted by Crippen LogP contribution is 2.39. The van der Waals surface area contributed by atoms with Crippen molar-refractivity contribution in [2.24, 2.45) is 11.1 Å². The van der Waals surface area contributed by atoms with Crippen LogP contribution in [0.25, 0.3) is 0 Å². The van der Waals surface area contributed by atoms with E-state index in [0.29, 0.717) is 25.1 Å². The Hall–Kier alpha value is -1.36. The number of primary sulfonamides is 1. The summed E-state index contributed by atoms with van der Waals surface area (Å²) in [6.45, 7) is 7.96. The molecule has 30 heavy (non-hydrogen) atoms. The summed E-state index contributed by atoms with van der Waals surface area (Å²) in [6.07, 6.45) is -1.58. The molecule has 0 saturated carbocycles. The van der Waals surface area contributed by atoms with Gasteiger partial charge < -0.3 is 9.64 Å². The number of anilines is 1. The predicted octanol–water partition coefficient (Wildman–Crippen LogP) is 3.07. The molecule has 2 unspecified atom stereocenters. The molecule has 0 radical (unpaired) electrons. The second-order valence-electron chi connectivity index (χ2n) is 8.46. The summed E-state index contributed by atoms with van der Waals surface area (Å²) >= 11 is 0. The highest BCUT2D eigenvalue weighted by atomic mass is 32.2. The van der Waals surface area contributed by atoms with Crippen LogP contribution in [0.1, 0.15) is 38.7 Å². The number of alkyl halides is 3. The van der Waals surface area contributed by atoms with Gasteiger partial charge in [0.05, 0.1) is 22.7 Å². The zero-order valence-corrected chi connectivity index (χ0v) is 18.2. The molecule has 2 aliphatic heterocycles. The number of ether oxygens (including phenoxy) is 1. The van der Waals surface area contributed by atoms with Crippen molar-refractivity contribution in [3.05, 3.63) is 23.8 Å². The Balaban J connectivity index is 1.62. The molecule has 0 amide bonds. The minimum atomic E-state index is -4.66. The molecule has 2 N–H and O–H groups in total. The standard InChI is InChI=1S/C20H30F3N3O3S/c1-14-12-25(13-15(2)29-14)8-5-16-6-9-26(10-7-16)19-4-3-17(30(24,27)28)11-18(19)20(21,22)23/h3-4,11,14-16H,5-10,12-13H2,1-2H3,(H2,24,27,28). The number of piperidine rings is 1. The fraction of sp³-hybridized carbons (Fsp3) is 0.700. The Kier molecular flexibility index (Phi) is 7.01. The van der Waals surface area contributed by atoms with Gasteiger partial charge in [-0.05, 0) is 63.8 Å². The van der Waals surface area contributed by atoms with E-state index in [1.165, 1.54) is 6.07 Å².